The topological polar surface area (TPSA) is 51.5 Å². The molecule has 0 bridgehead atoms. The van der Waals surface area contributed by atoms with Crippen LogP contribution < -0.4 is 10.1 Å². The summed E-state index contributed by atoms with van der Waals surface area (Å²) in [7, 11) is 1.61. The van der Waals surface area contributed by atoms with Crippen LogP contribution in [0.1, 0.15) is 16.1 Å². The maximum Gasteiger partial charge on any atom is 0.287 e. The van der Waals surface area contributed by atoms with Crippen molar-refractivity contribution in [2.45, 2.75) is 6.54 Å². The van der Waals surface area contributed by atoms with Crippen molar-refractivity contribution in [3.8, 4) is 5.75 Å². The summed E-state index contributed by atoms with van der Waals surface area (Å²) in [4.78, 5) is 12.2. The van der Waals surface area contributed by atoms with Crippen molar-refractivity contribution in [3.05, 3.63) is 64.9 Å². The number of amides is 1. The van der Waals surface area contributed by atoms with Gasteiger partial charge in [-0.3, -0.25) is 4.79 Å². The first kappa shape index (κ1) is 14.5. The highest BCUT2D eigenvalue weighted by atomic mass is 35.5. The first-order valence-electron chi connectivity index (χ1n) is 6.76. The lowest BCUT2D eigenvalue weighted by atomic mass is 10.2. The summed E-state index contributed by atoms with van der Waals surface area (Å²) in [5.41, 5.74) is 1.59. The van der Waals surface area contributed by atoms with E-state index >= 15 is 0 Å². The van der Waals surface area contributed by atoms with E-state index in [1.165, 1.54) is 0 Å². The van der Waals surface area contributed by atoms with Gasteiger partial charge in [-0.1, -0.05) is 23.7 Å². The van der Waals surface area contributed by atoms with Crippen molar-refractivity contribution in [1.82, 2.24) is 5.32 Å². The zero-order chi connectivity index (χ0) is 15.5. The Morgan fingerprint density at radius 2 is 2.09 bits per heavy atom. The fraction of sp³-hybridized carbons (Fsp3) is 0.118. The Morgan fingerprint density at radius 1 is 1.23 bits per heavy atom. The maximum absolute atomic E-state index is 12.2. The smallest absolute Gasteiger partial charge is 0.287 e. The van der Waals surface area contributed by atoms with E-state index in [1.807, 2.05) is 24.3 Å². The number of halogens is 1. The van der Waals surface area contributed by atoms with Crippen molar-refractivity contribution in [2.75, 3.05) is 7.11 Å². The van der Waals surface area contributed by atoms with Crippen molar-refractivity contribution >= 4 is 28.5 Å². The second-order valence-corrected chi connectivity index (χ2v) is 5.26. The van der Waals surface area contributed by atoms with Crippen molar-refractivity contribution in [1.29, 1.82) is 0 Å². The van der Waals surface area contributed by atoms with Crippen LogP contribution in [0, 0.1) is 0 Å². The molecule has 0 fully saturated rings. The summed E-state index contributed by atoms with van der Waals surface area (Å²) in [6.45, 7) is 0.397. The standard InChI is InChI=1S/C17H14ClNO3/c1-21-14-4-2-3-11(7-14)10-19-17(20)16-9-12-8-13(18)5-6-15(12)22-16/h2-9H,10H2,1H3,(H,19,20). The van der Waals surface area contributed by atoms with E-state index in [9.17, 15) is 4.79 Å². The number of methoxy groups -OCH3 is 1. The number of carbonyl (C=O) groups excluding carboxylic acids is 1. The van der Waals surface area contributed by atoms with E-state index in [4.69, 9.17) is 20.8 Å². The van der Waals surface area contributed by atoms with Crippen LogP contribution in [0.15, 0.2) is 52.9 Å². The quantitative estimate of drug-likeness (QED) is 0.791. The first-order valence-corrected chi connectivity index (χ1v) is 7.14. The third-order valence-electron chi connectivity index (χ3n) is 3.29. The van der Waals surface area contributed by atoms with Crippen LogP contribution >= 0.6 is 11.6 Å². The molecule has 0 saturated heterocycles. The first-order chi connectivity index (χ1) is 10.7. The van der Waals surface area contributed by atoms with E-state index in [0.29, 0.717) is 17.2 Å². The molecule has 5 heteroatoms. The maximum atomic E-state index is 12.2. The number of rotatable bonds is 4. The Bertz CT molecular complexity index is 826. The van der Waals surface area contributed by atoms with Crippen LogP contribution in [-0.4, -0.2) is 13.0 Å². The van der Waals surface area contributed by atoms with E-state index in [0.717, 1.165) is 16.7 Å². The van der Waals surface area contributed by atoms with Gasteiger partial charge in [0.1, 0.15) is 11.3 Å². The number of hydrogen-bond acceptors (Lipinski definition) is 3. The van der Waals surface area contributed by atoms with Crippen molar-refractivity contribution < 1.29 is 13.9 Å². The van der Waals surface area contributed by atoms with E-state index in [1.54, 1.807) is 31.4 Å². The minimum absolute atomic E-state index is 0.264. The number of carbonyl (C=O) groups is 1. The van der Waals surface area contributed by atoms with Gasteiger partial charge in [-0.05, 0) is 42.0 Å². The van der Waals surface area contributed by atoms with Gasteiger partial charge < -0.3 is 14.5 Å². The van der Waals surface area contributed by atoms with Gasteiger partial charge in [-0.2, -0.15) is 0 Å². The minimum Gasteiger partial charge on any atom is -0.497 e. The molecule has 0 atom stereocenters. The molecule has 0 spiro atoms. The molecule has 1 amide bonds. The van der Waals surface area contributed by atoms with Crippen LogP contribution in [0.5, 0.6) is 5.75 Å². The third-order valence-corrected chi connectivity index (χ3v) is 3.52. The van der Waals surface area contributed by atoms with Gasteiger partial charge >= 0.3 is 0 Å². The number of nitrogens with one attached hydrogen (secondary N) is 1. The number of fused-ring (bicyclic) bond motifs is 1. The fourth-order valence-electron chi connectivity index (χ4n) is 2.18. The number of furan rings is 1. The Morgan fingerprint density at radius 3 is 2.91 bits per heavy atom. The summed E-state index contributed by atoms with van der Waals surface area (Å²) < 4.78 is 10.7. The second kappa shape index (κ2) is 6.12. The highest BCUT2D eigenvalue weighted by Gasteiger charge is 2.12. The lowest BCUT2D eigenvalue weighted by Crippen LogP contribution is -2.22. The van der Waals surface area contributed by atoms with Crippen LogP contribution in [0.3, 0.4) is 0 Å². The van der Waals surface area contributed by atoms with Gasteiger partial charge in [0.05, 0.1) is 7.11 Å². The average molecular weight is 316 g/mol. The van der Waals surface area contributed by atoms with E-state index in [-0.39, 0.29) is 11.7 Å². The van der Waals surface area contributed by atoms with Gasteiger partial charge in [0.2, 0.25) is 0 Å². The summed E-state index contributed by atoms with van der Waals surface area (Å²) in [5, 5.41) is 4.23. The Hall–Kier alpha value is -2.46. The highest BCUT2D eigenvalue weighted by molar-refractivity contribution is 6.31. The minimum atomic E-state index is -0.268. The molecule has 0 radical (unpaired) electrons. The molecule has 4 nitrogen and oxygen atoms in total. The predicted molar refractivity (Wildman–Crippen MR) is 85.4 cm³/mol. The molecule has 3 aromatic rings. The molecule has 22 heavy (non-hydrogen) atoms. The van der Waals surface area contributed by atoms with Crippen molar-refractivity contribution in [2.24, 2.45) is 0 Å². The Labute approximate surface area is 132 Å². The molecule has 2 aromatic carbocycles. The molecule has 3 rings (SSSR count). The van der Waals surface area contributed by atoms with Gasteiger partial charge in [-0.15, -0.1) is 0 Å². The second-order valence-electron chi connectivity index (χ2n) is 4.83. The summed E-state index contributed by atoms with van der Waals surface area (Å²) in [6.07, 6.45) is 0. The van der Waals surface area contributed by atoms with Crippen LogP contribution in [0.2, 0.25) is 5.02 Å². The summed E-state index contributed by atoms with van der Waals surface area (Å²) >= 11 is 5.92. The zero-order valence-electron chi connectivity index (χ0n) is 11.9. The summed E-state index contributed by atoms with van der Waals surface area (Å²) in [6, 6.07) is 14.4. The zero-order valence-corrected chi connectivity index (χ0v) is 12.7. The van der Waals surface area contributed by atoms with Crippen LogP contribution in [0.4, 0.5) is 0 Å². The van der Waals surface area contributed by atoms with E-state index < -0.39 is 0 Å². The molecule has 0 aliphatic heterocycles. The molecule has 0 aliphatic carbocycles. The monoisotopic (exact) mass is 315 g/mol. The van der Waals surface area contributed by atoms with Gasteiger partial charge in [0.25, 0.3) is 5.91 Å². The van der Waals surface area contributed by atoms with Crippen LogP contribution in [-0.2, 0) is 6.54 Å². The Balaban J connectivity index is 1.72. The molecular formula is C17H14ClNO3. The van der Waals surface area contributed by atoms with E-state index in [2.05, 4.69) is 5.32 Å². The lowest BCUT2D eigenvalue weighted by molar-refractivity contribution is 0.0925. The highest BCUT2D eigenvalue weighted by Crippen LogP contribution is 2.23. The molecule has 0 aliphatic rings. The van der Waals surface area contributed by atoms with Gasteiger partial charge in [0.15, 0.2) is 5.76 Å². The largest absolute Gasteiger partial charge is 0.497 e. The SMILES string of the molecule is COc1cccc(CNC(=O)c2cc3cc(Cl)ccc3o2)c1. The molecule has 1 aromatic heterocycles. The number of benzene rings is 2. The lowest BCUT2D eigenvalue weighted by Gasteiger charge is -2.05. The normalized spacial score (nSPS) is 10.6. The number of hydrogen-bond donors (Lipinski definition) is 1. The molecule has 0 saturated carbocycles. The van der Waals surface area contributed by atoms with Gasteiger partial charge in [-0.25, -0.2) is 0 Å². The van der Waals surface area contributed by atoms with Gasteiger partial charge in [0, 0.05) is 17.0 Å². The van der Waals surface area contributed by atoms with Crippen LogP contribution in [0.25, 0.3) is 11.0 Å². The predicted octanol–water partition coefficient (Wildman–Crippen LogP) is 4.02. The molecular weight excluding hydrogens is 302 g/mol. The average Bonchev–Trinajstić information content (AvgIpc) is 2.96. The Kier molecular flexibility index (Phi) is 4.02. The summed E-state index contributed by atoms with van der Waals surface area (Å²) in [5.74, 6) is 0.750. The molecule has 112 valence electrons. The third kappa shape index (κ3) is 3.07. The number of ether oxygens (including phenoxy) is 1. The fourth-order valence-corrected chi connectivity index (χ4v) is 2.36. The van der Waals surface area contributed by atoms with Crippen molar-refractivity contribution in [3.63, 3.8) is 0 Å². The molecule has 0 unspecified atom stereocenters. The molecule has 1 heterocycles. The molecule has 1 N–H and O–H groups in total.